The number of nitrogens with zero attached hydrogens (tertiary/aromatic N) is 2. The van der Waals surface area contributed by atoms with Crippen molar-refractivity contribution in [2.45, 2.75) is 38.5 Å². The van der Waals surface area contributed by atoms with Gasteiger partial charge in [-0.3, -0.25) is 0 Å². The molecule has 4 nitrogen and oxygen atoms in total. The Kier molecular flexibility index (Phi) is 5.54. The molecule has 0 bridgehead atoms. The summed E-state index contributed by atoms with van der Waals surface area (Å²) in [5, 5.41) is 0. The van der Waals surface area contributed by atoms with E-state index in [0.29, 0.717) is 5.41 Å². The SMILES string of the molecule is NCC1(CN2CCC(CN3CCCC3)CC2)CCOCC1. The number of piperidine rings is 1. The van der Waals surface area contributed by atoms with Crippen molar-refractivity contribution in [2.24, 2.45) is 17.1 Å². The van der Waals surface area contributed by atoms with Crippen LogP contribution in [0.15, 0.2) is 0 Å². The molecular formula is C17H33N3O. The van der Waals surface area contributed by atoms with E-state index in [4.69, 9.17) is 10.5 Å². The number of likely N-dealkylation sites (tertiary alicyclic amines) is 2. The van der Waals surface area contributed by atoms with E-state index in [1.807, 2.05) is 0 Å². The first kappa shape index (κ1) is 15.7. The summed E-state index contributed by atoms with van der Waals surface area (Å²) in [5.41, 5.74) is 6.44. The minimum Gasteiger partial charge on any atom is -0.381 e. The van der Waals surface area contributed by atoms with E-state index in [1.165, 1.54) is 65.0 Å². The molecule has 21 heavy (non-hydrogen) atoms. The zero-order valence-electron chi connectivity index (χ0n) is 13.6. The van der Waals surface area contributed by atoms with Crippen LogP contribution in [0.25, 0.3) is 0 Å². The van der Waals surface area contributed by atoms with E-state index >= 15 is 0 Å². The highest BCUT2D eigenvalue weighted by Gasteiger charge is 2.34. The molecule has 0 aliphatic carbocycles. The van der Waals surface area contributed by atoms with Gasteiger partial charge in [0.1, 0.15) is 0 Å². The maximum Gasteiger partial charge on any atom is 0.0472 e. The molecule has 0 amide bonds. The second-order valence-electron chi connectivity index (χ2n) is 7.54. The van der Waals surface area contributed by atoms with Gasteiger partial charge in [-0.2, -0.15) is 0 Å². The fourth-order valence-electron chi connectivity index (χ4n) is 4.36. The van der Waals surface area contributed by atoms with Gasteiger partial charge in [-0.25, -0.2) is 0 Å². The lowest BCUT2D eigenvalue weighted by molar-refractivity contribution is -0.00625. The summed E-state index contributed by atoms with van der Waals surface area (Å²) < 4.78 is 5.53. The quantitative estimate of drug-likeness (QED) is 0.835. The molecule has 0 aromatic heterocycles. The minimum absolute atomic E-state index is 0.333. The Morgan fingerprint density at radius 2 is 1.62 bits per heavy atom. The van der Waals surface area contributed by atoms with Crippen molar-refractivity contribution in [1.82, 2.24) is 9.80 Å². The van der Waals surface area contributed by atoms with Gasteiger partial charge in [0.05, 0.1) is 0 Å². The number of hydrogen-bond acceptors (Lipinski definition) is 4. The monoisotopic (exact) mass is 295 g/mol. The largest absolute Gasteiger partial charge is 0.381 e. The molecular weight excluding hydrogens is 262 g/mol. The molecule has 2 N–H and O–H groups in total. The molecule has 3 rings (SSSR count). The summed E-state index contributed by atoms with van der Waals surface area (Å²) in [4.78, 5) is 5.36. The first-order valence-corrected chi connectivity index (χ1v) is 9.02. The summed E-state index contributed by atoms with van der Waals surface area (Å²) in [5.74, 6) is 0.933. The van der Waals surface area contributed by atoms with Crippen molar-refractivity contribution in [3.8, 4) is 0 Å². The molecule has 0 spiro atoms. The summed E-state index contributed by atoms with van der Waals surface area (Å²) in [6.45, 7) is 10.4. The van der Waals surface area contributed by atoms with Crippen molar-refractivity contribution >= 4 is 0 Å². The number of hydrogen-bond donors (Lipinski definition) is 1. The predicted octanol–water partition coefficient (Wildman–Crippen LogP) is 1.55. The third kappa shape index (κ3) is 4.19. The molecule has 3 saturated heterocycles. The highest BCUT2D eigenvalue weighted by Crippen LogP contribution is 2.32. The summed E-state index contributed by atoms with van der Waals surface area (Å²) in [6, 6.07) is 0. The number of rotatable bonds is 5. The lowest BCUT2D eigenvalue weighted by atomic mass is 9.79. The van der Waals surface area contributed by atoms with Gasteiger partial charge >= 0.3 is 0 Å². The fraction of sp³-hybridized carbons (Fsp3) is 1.00. The maximum atomic E-state index is 6.10. The smallest absolute Gasteiger partial charge is 0.0472 e. The van der Waals surface area contributed by atoms with Crippen molar-refractivity contribution in [3.63, 3.8) is 0 Å². The van der Waals surface area contributed by atoms with Gasteiger partial charge in [0.15, 0.2) is 0 Å². The van der Waals surface area contributed by atoms with E-state index in [2.05, 4.69) is 9.80 Å². The molecule has 4 heteroatoms. The molecule has 3 heterocycles. The van der Waals surface area contributed by atoms with Crippen LogP contribution in [0.3, 0.4) is 0 Å². The van der Waals surface area contributed by atoms with Crippen LogP contribution in [0.1, 0.15) is 38.5 Å². The van der Waals surface area contributed by atoms with Gasteiger partial charge in [-0.05, 0) is 82.6 Å². The molecule has 0 unspecified atom stereocenters. The Hall–Kier alpha value is -0.160. The third-order valence-electron chi connectivity index (χ3n) is 5.97. The lowest BCUT2D eigenvalue weighted by Gasteiger charge is -2.42. The van der Waals surface area contributed by atoms with E-state index in [0.717, 1.165) is 38.5 Å². The standard InChI is InChI=1S/C17H33N3O/c18-14-17(5-11-21-12-6-17)15-20-9-3-16(4-10-20)13-19-7-1-2-8-19/h16H,1-15,18H2. The topological polar surface area (TPSA) is 41.7 Å². The molecule has 122 valence electrons. The molecule has 0 aromatic carbocycles. The second-order valence-corrected chi connectivity index (χ2v) is 7.54. The average molecular weight is 295 g/mol. The van der Waals surface area contributed by atoms with Crippen LogP contribution in [0.5, 0.6) is 0 Å². The van der Waals surface area contributed by atoms with Crippen LogP contribution in [-0.2, 0) is 4.74 Å². The third-order valence-corrected chi connectivity index (χ3v) is 5.97. The summed E-state index contributed by atoms with van der Waals surface area (Å²) in [6.07, 6.45) is 7.90. The van der Waals surface area contributed by atoms with E-state index in [-0.39, 0.29) is 0 Å². The first-order valence-electron chi connectivity index (χ1n) is 9.02. The average Bonchev–Trinajstić information content (AvgIpc) is 3.03. The minimum atomic E-state index is 0.333. The van der Waals surface area contributed by atoms with Gasteiger partial charge in [-0.1, -0.05) is 0 Å². The fourth-order valence-corrected chi connectivity index (χ4v) is 4.36. The summed E-state index contributed by atoms with van der Waals surface area (Å²) in [7, 11) is 0. The number of nitrogens with two attached hydrogens (primary N) is 1. The second kappa shape index (κ2) is 7.40. The van der Waals surface area contributed by atoms with E-state index < -0.39 is 0 Å². The molecule has 3 fully saturated rings. The Labute approximate surface area is 130 Å². The van der Waals surface area contributed by atoms with Gasteiger partial charge < -0.3 is 20.3 Å². The Morgan fingerprint density at radius 3 is 2.24 bits per heavy atom. The van der Waals surface area contributed by atoms with Crippen molar-refractivity contribution in [1.29, 1.82) is 0 Å². The molecule has 0 aromatic rings. The molecule has 3 aliphatic rings. The zero-order chi connectivity index (χ0) is 14.5. The molecule has 0 saturated carbocycles. The Bertz CT molecular complexity index is 303. The van der Waals surface area contributed by atoms with E-state index in [9.17, 15) is 0 Å². The van der Waals surface area contributed by atoms with Crippen LogP contribution in [0.2, 0.25) is 0 Å². The van der Waals surface area contributed by atoms with Crippen molar-refractivity contribution < 1.29 is 4.74 Å². The zero-order valence-corrected chi connectivity index (χ0v) is 13.6. The first-order chi connectivity index (χ1) is 10.3. The highest BCUT2D eigenvalue weighted by atomic mass is 16.5. The maximum absolute atomic E-state index is 6.10. The lowest BCUT2D eigenvalue weighted by Crippen LogP contribution is -2.48. The van der Waals surface area contributed by atoms with Crippen molar-refractivity contribution in [3.05, 3.63) is 0 Å². The van der Waals surface area contributed by atoms with Gasteiger partial charge in [0.2, 0.25) is 0 Å². The van der Waals surface area contributed by atoms with Crippen LogP contribution in [-0.4, -0.2) is 68.8 Å². The molecule has 0 radical (unpaired) electrons. The normalized spacial score (nSPS) is 29.0. The van der Waals surface area contributed by atoms with E-state index in [1.54, 1.807) is 0 Å². The molecule has 0 atom stereocenters. The number of ether oxygens (including phenoxy) is 1. The van der Waals surface area contributed by atoms with Crippen LogP contribution < -0.4 is 5.73 Å². The van der Waals surface area contributed by atoms with Crippen LogP contribution >= 0.6 is 0 Å². The van der Waals surface area contributed by atoms with Gasteiger partial charge in [0.25, 0.3) is 0 Å². The van der Waals surface area contributed by atoms with Crippen molar-refractivity contribution in [2.75, 3.05) is 59.0 Å². The van der Waals surface area contributed by atoms with Gasteiger partial charge in [0, 0.05) is 26.3 Å². The van der Waals surface area contributed by atoms with Crippen LogP contribution in [0, 0.1) is 11.3 Å². The highest BCUT2D eigenvalue weighted by molar-refractivity contribution is 4.88. The Balaban J connectivity index is 1.42. The predicted molar refractivity (Wildman–Crippen MR) is 86.4 cm³/mol. The van der Waals surface area contributed by atoms with Gasteiger partial charge in [-0.15, -0.1) is 0 Å². The Morgan fingerprint density at radius 1 is 0.952 bits per heavy atom. The summed E-state index contributed by atoms with van der Waals surface area (Å²) >= 11 is 0. The molecule has 3 aliphatic heterocycles. The van der Waals surface area contributed by atoms with Crippen LogP contribution in [0.4, 0.5) is 0 Å².